The van der Waals surface area contributed by atoms with E-state index in [0.717, 1.165) is 0 Å². The average Bonchev–Trinajstić information content (AvgIpc) is 2.31. The van der Waals surface area contributed by atoms with Gasteiger partial charge in [-0.3, -0.25) is 10.1 Å². The molecule has 1 N–H and O–H groups in total. The van der Waals surface area contributed by atoms with Crippen molar-refractivity contribution < 1.29 is 19.6 Å². The molecule has 0 saturated carbocycles. The maximum atomic E-state index is 11.4. The highest BCUT2D eigenvalue weighted by Gasteiger charge is 2.11. The third kappa shape index (κ3) is 3.31. The Morgan fingerprint density at radius 2 is 2.22 bits per heavy atom. The molecule has 0 heterocycles. The van der Waals surface area contributed by atoms with Crippen molar-refractivity contribution in [2.24, 2.45) is 0 Å². The van der Waals surface area contributed by atoms with Crippen LogP contribution in [0.3, 0.4) is 0 Å². The number of hydrogen-bond donors (Lipinski definition) is 1. The van der Waals surface area contributed by atoms with E-state index in [1.165, 1.54) is 31.2 Å². The molecule has 0 spiro atoms. The first-order chi connectivity index (χ1) is 8.45. The first-order valence-corrected chi connectivity index (χ1v) is 5.28. The molecule has 6 nitrogen and oxygen atoms in total. The monoisotopic (exact) mass is 251 g/mol. The topological polar surface area (TPSA) is 89.7 Å². The van der Waals surface area contributed by atoms with Crippen molar-refractivity contribution in [2.75, 3.05) is 6.61 Å². The van der Waals surface area contributed by atoms with Crippen LogP contribution in [-0.4, -0.2) is 22.6 Å². The molecule has 6 heteroatoms. The van der Waals surface area contributed by atoms with Crippen LogP contribution in [0.5, 0.6) is 5.75 Å². The second-order valence-electron chi connectivity index (χ2n) is 3.55. The third-order valence-corrected chi connectivity index (χ3v) is 2.19. The highest BCUT2D eigenvalue weighted by molar-refractivity contribution is 5.93. The molecule has 0 fully saturated rings. The molecule has 1 aromatic rings. The van der Waals surface area contributed by atoms with Gasteiger partial charge in [0.2, 0.25) is 0 Å². The van der Waals surface area contributed by atoms with E-state index >= 15 is 0 Å². The number of esters is 1. The molecule has 0 saturated heterocycles. The molecule has 18 heavy (non-hydrogen) atoms. The number of nitrogens with zero attached hydrogens (tertiary/aromatic N) is 1. The molecule has 1 aromatic carbocycles. The number of phenolic OH excluding ortho intramolecular Hbond substituents is 1. The Hall–Kier alpha value is -2.37. The highest BCUT2D eigenvalue weighted by Crippen LogP contribution is 2.25. The van der Waals surface area contributed by atoms with Gasteiger partial charge in [-0.05, 0) is 26.0 Å². The molecule has 0 aliphatic heterocycles. The van der Waals surface area contributed by atoms with Crippen LogP contribution in [0.2, 0.25) is 0 Å². The SMILES string of the molecule is CCOC(=O)/C(C)=C/c1cc([N+](=O)[O-])ccc1O. The Kier molecular flexibility index (Phi) is 4.42. The van der Waals surface area contributed by atoms with E-state index in [0.29, 0.717) is 0 Å². The Morgan fingerprint density at radius 3 is 2.78 bits per heavy atom. The number of hydrogen-bond acceptors (Lipinski definition) is 5. The average molecular weight is 251 g/mol. The summed E-state index contributed by atoms with van der Waals surface area (Å²) < 4.78 is 4.77. The fourth-order valence-corrected chi connectivity index (χ4v) is 1.31. The van der Waals surface area contributed by atoms with E-state index in [1.54, 1.807) is 6.92 Å². The fourth-order valence-electron chi connectivity index (χ4n) is 1.31. The van der Waals surface area contributed by atoms with Crippen LogP contribution in [0.1, 0.15) is 19.4 Å². The van der Waals surface area contributed by atoms with Gasteiger partial charge in [-0.2, -0.15) is 0 Å². The zero-order valence-electron chi connectivity index (χ0n) is 10.0. The van der Waals surface area contributed by atoms with Gasteiger partial charge in [0, 0.05) is 23.3 Å². The zero-order valence-corrected chi connectivity index (χ0v) is 10.0. The summed E-state index contributed by atoms with van der Waals surface area (Å²) in [6.07, 6.45) is 1.35. The van der Waals surface area contributed by atoms with Crippen molar-refractivity contribution in [1.29, 1.82) is 0 Å². The molecule has 0 atom stereocenters. The molecule has 0 radical (unpaired) electrons. The van der Waals surface area contributed by atoms with Crippen LogP contribution in [0, 0.1) is 10.1 Å². The van der Waals surface area contributed by atoms with Crippen molar-refractivity contribution in [1.82, 2.24) is 0 Å². The number of carbonyl (C=O) groups is 1. The lowest BCUT2D eigenvalue weighted by Crippen LogP contribution is -2.04. The lowest BCUT2D eigenvalue weighted by molar-refractivity contribution is -0.384. The largest absolute Gasteiger partial charge is 0.507 e. The standard InChI is InChI=1S/C12H13NO5/c1-3-18-12(15)8(2)6-9-7-10(13(16)17)4-5-11(9)14/h4-7,14H,3H2,1-2H3/b8-6+. The number of nitro benzene ring substituents is 1. The second kappa shape index (κ2) is 5.81. The van der Waals surface area contributed by atoms with E-state index in [2.05, 4.69) is 0 Å². The fraction of sp³-hybridized carbons (Fsp3) is 0.250. The molecule has 0 bridgehead atoms. The lowest BCUT2D eigenvalue weighted by atomic mass is 10.1. The van der Waals surface area contributed by atoms with Gasteiger partial charge in [-0.1, -0.05) is 0 Å². The Labute approximate surface area is 104 Å². The summed E-state index contributed by atoms with van der Waals surface area (Å²) in [5.74, 6) is -0.660. The minimum atomic E-state index is -0.573. The molecule has 96 valence electrons. The van der Waals surface area contributed by atoms with Crippen LogP contribution in [-0.2, 0) is 9.53 Å². The summed E-state index contributed by atoms with van der Waals surface area (Å²) >= 11 is 0. The number of carbonyl (C=O) groups excluding carboxylic acids is 1. The Bertz CT molecular complexity index is 507. The van der Waals surface area contributed by atoms with Crippen molar-refractivity contribution >= 4 is 17.7 Å². The molecule has 0 aliphatic rings. The summed E-state index contributed by atoms with van der Waals surface area (Å²) in [6.45, 7) is 3.43. The summed E-state index contributed by atoms with van der Waals surface area (Å²) in [5.41, 5.74) is 0.304. The van der Waals surface area contributed by atoms with E-state index in [-0.39, 0.29) is 29.2 Å². The van der Waals surface area contributed by atoms with Gasteiger partial charge in [0.15, 0.2) is 0 Å². The Balaban J connectivity index is 3.09. The number of rotatable bonds is 4. The normalized spacial score (nSPS) is 11.1. The number of phenols is 1. The highest BCUT2D eigenvalue weighted by atomic mass is 16.6. The van der Waals surface area contributed by atoms with Crippen molar-refractivity contribution in [2.45, 2.75) is 13.8 Å². The van der Waals surface area contributed by atoms with Crippen LogP contribution in [0.25, 0.3) is 6.08 Å². The summed E-state index contributed by atoms with van der Waals surface area (Å²) in [6, 6.07) is 3.59. The molecular formula is C12H13NO5. The van der Waals surface area contributed by atoms with Gasteiger partial charge in [0.05, 0.1) is 11.5 Å². The number of benzene rings is 1. The van der Waals surface area contributed by atoms with E-state index in [1.807, 2.05) is 0 Å². The van der Waals surface area contributed by atoms with Gasteiger partial charge in [-0.25, -0.2) is 4.79 Å². The molecular weight excluding hydrogens is 238 g/mol. The van der Waals surface area contributed by atoms with Gasteiger partial charge in [0.1, 0.15) is 5.75 Å². The van der Waals surface area contributed by atoms with Gasteiger partial charge >= 0.3 is 5.97 Å². The lowest BCUT2D eigenvalue weighted by Gasteiger charge is -2.03. The molecule has 0 unspecified atom stereocenters. The minimum absolute atomic E-state index is 0.135. The maximum absolute atomic E-state index is 11.4. The minimum Gasteiger partial charge on any atom is -0.507 e. The van der Waals surface area contributed by atoms with Crippen molar-refractivity contribution in [3.63, 3.8) is 0 Å². The number of ether oxygens (including phenoxy) is 1. The van der Waals surface area contributed by atoms with E-state index in [4.69, 9.17) is 4.74 Å². The van der Waals surface area contributed by atoms with Crippen LogP contribution in [0.15, 0.2) is 23.8 Å². The van der Waals surface area contributed by atoms with Crippen molar-refractivity contribution in [3.05, 3.63) is 39.4 Å². The van der Waals surface area contributed by atoms with E-state index < -0.39 is 10.9 Å². The van der Waals surface area contributed by atoms with Crippen LogP contribution in [0.4, 0.5) is 5.69 Å². The van der Waals surface area contributed by atoms with Gasteiger partial charge in [0.25, 0.3) is 5.69 Å². The van der Waals surface area contributed by atoms with Crippen molar-refractivity contribution in [3.8, 4) is 5.75 Å². The number of nitro groups is 1. The van der Waals surface area contributed by atoms with Crippen LogP contribution < -0.4 is 0 Å². The third-order valence-electron chi connectivity index (χ3n) is 2.19. The van der Waals surface area contributed by atoms with Crippen LogP contribution >= 0.6 is 0 Å². The van der Waals surface area contributed by atoms with Gasteiger partial charge in [-0.15, -0.1) is 0 Å². The molecule has 1 rings (SSSR count). The Morgan fingerprint density at radius 1 is 1.56 bits per heavy atom. The molecule has 0 aromatic heterocycles. The quantitative estimate of drug-likeness (QED) is 0.383. The summed E-state index contributed by atoms with van der Waals surface area (Å²) in [7, 11) is 0. The first kappa shape index (κ1) is 13.7. The van der Waals surface area contributed by atoms with E-state index in [9.17, 15) is 20.0 Å². The zero-order chi connectivity index (χ0) is 13.7. The summed E-state index contributed by atoms with van der Waals surface area (Å²) in [5, 5.41) is 20.2. The maximum Gasteiger partial charge on any atom is 0.333 e. The summed E-state index contributed by atoms with van der Waals surface area (Å²) in [4.78, 5) is 21.4. The first-order valence-electron chi connectivity index (χ1n) is 5.28. The van der Waals surface area contributed by atoms with Gasteiger partial charge < -0.3 is 9.84 Å². The smallest absolute Gasteiger partial charge is 0.333 e. The molecule has 0 aliphatic carbocycles. The second-order valence-corrected chi connectivity index (χ2v) is 3.55. The predicted molar refractivity (Wildman–Crippen MR) is 65.0 cm³/mol. The number of non-ortho nitro benzene ring substituents is 1. The predicted octanol–water partition coefficient (Wildman–Crippen LogP) is 2.27. The molecule has 0 amide bonds. The number of aromatic hydroxyl groups is 1.